The quantitative estimate of drug-likeness (QED) is 0.286. The van der Waals surface area contributed by atoms with Crippen molar-refractivity contribution in [1.29, 1.82) is 0 Å². The van der Waals surface area contributed by atoms with Crippen LogP contribution in [0.5, 0.6) is 0 Å². The average Bonchev–Trinajstić information content (AvgIpc) is 3.17. The second kappa shape index (κ2) is 9.68. The topological polar surface area (TPSA) is 46.9 Å². The van der Waals surface area contributed by atoms with Gasteiger partial charge in [0.25, 0.3) is 0 Å². The fraction of sp³-hybridized carbons (Fsp3) is 0.0435. The van der Waals surface area contributed by atoms with E-state index in [9.17, 15) is 9.18 Å². The molecule has 0 unspecified atom stereocenters. The van der Waals surface area contributed by atoms with Gasteiger partial charge in [0.1, 0.15) is 5.82 Å². The molecule has 31 heavy (non-hydrogen) atoms. The van der Waals surface area contributed by atoms with Crippen molar-refractivity contribution in [3.63, 3.8) is 0 Å². The van der Waals surface area contributed by atoms with Gasteiger partial charge in [-0.25, -0.2) is 9.37 Å². The van der Waals surface area contributed by atoms with Gasteiger partial charge < -0.3 is 5.32 Å². The van der Waals surface area contributed by atoms with E-state index >= 15 is 0 Å². The van der Waals surface area contributed by atoms with Crippen LogP contribution in [0, 0.1) is 5.82 Å². The predicted octanol–water partition coefficient (Wildman–Crippen LogP) is 6.83. The normalized spacial score (nSPS) is 10.8. The van der Waals surface area contributed by atoms with Crippen molar-refractivity contribution >= 4 is 50.9 Å². The zero-order valence-electron chi connectivity index (χ0n) is 16.1. The Labute approximate surface area is 196 Å². The summed E-state index contributed by atoms with van der Waals surface area (Å²) in [5, 5.41) is 4.01. The first-order valence-corrected chi connectivity index (χ1v) is 11.4. The lowest BCUT2D eigenvalue weighted by Crippen LogP contribution is -2.14. The van der Waals surface area contributed by atoms with Crippen LogP contribution in [0.2, 0.25) is 5.02 Å². The number of hydrogen-bond acceptors (Lipinski definition) is 3. The minimum absolute atomic E-state index is 0.157. The molecular weight excluding hydrogens is 501 g/mol. The number of rotatable bonds is 6. The summed E-state index contributed by atoms with van der Waals surface area (Å²) < 4.78 is 16.4. The van der Waals surface area contributed by atoms with Crippen LogP contribution in [0.4, 0.5) is 10.1 Å². The second-order valence-corrected chi connectivity index (χ2v) is 8.89. The molecule has 0 spiro atoms. The maximum absolute atomic E-state index is 13.5. The summed E-state index contributed by atoms with van der Waals surface area (Å²) in [5.41, 5.74) is 3.19. The number of benzene rings is 3. The Bertz CT molecular complexity index is 1210. The molecule has 4 nitrogen and oxygen atoms in total. The molecule has 0 atom stereocenters. The minimum atomic E-state index is -0.316. The van der Waals surface area contributed by atoms with Crippen LogP contribution in [0.25, 0.3) is 16.9 Å². The maximum Gasteiger partial charge on any atom is 0.234 e. The lowest BCUT2D eigenvalue weighted by Gasteiger charge is -2.12. The van der Waals surface area contributed by atoms with E-state index in [0.717, 1.165) is 21.4 Å². The molecule has 156 valence electrons. The Balaban J connectivity index is 1.60. The van der Waals surface area contributed by atoms with Crippen molar-refractivity contribution in [3.05, 3.63) is 94.3 Å². The molecule has 0 aliphatic heterocycles. The standard InChI is InChI=1S/C23H16BrClFN3OS/c24-16-6-4-15(5-7-16)21-13-27-23(29(21)20-10-8-18(26)9-11-20)31-14-22(30)28-19-3-1-2-17(25)12-19/h1-13H,14H2,(H,28,30). The Kier molecular flexibility index (Phi) is 6.75. The van der Waals surface area contributed by atoms with Gasteiger partial charge >= 0.3 is 0 Å². The van der Waals surface area contributed by atoms with Gasteiger partial charge in [0.15, 0.2) is 5.16 Å². The van der Waals surface area contributed by atoms with Gasteiger partial charge in [-0.1, -0.05) is 57.5 Å². The fourth-order valence-corrected chi connectivity index (χ4v) is 4.24. The highest BCUT2D eigenvalue weighted by atomic mass is 79.9. The van der Waals surface area contributed by atoms with E-state index in [0.29, 0.717) is 15.9 Å². The maximum atomic E-state index is 13.5. The largest absolute Gasteiger partial charge is 0.325 e. The lowest BCUT2D eigenvalue weighted by atomic mass is 10.1. The highest BCUT2D eigenvalue weighted by Crippen LogP contribution is 2.31. The summed E-state index contributed by atoms with van der Waals surface area (Å²) in [6.07, 6.45) is 1.75. The Hall–Kier alpha value is -2.61. The number of anilines is 1. The van der Waals surface area contributed by atoms with Crippen LogP contribution < -0.4 is 5.32 Å². The van der Waals surface area contributed by atoms with Gasteiger partial charge in [-0.15, -0.1) is 0 Å². The van der Waals surface area contributed by atoms with Crippen LogP contribution in [0.1, 0.15) is 0 Å². The van der Waals surface area contributed by atoms with Crippen LogP contribution in [0.3, 0.4) is 0 Å². The van der Waals surface area contributed by atoms with E-state index in [4.69, 9.17) is 11.6 Å². The van der Waals surface area contributed by atoms with E-state index < -0.39 is 0 Å². The zero-order chi connectivity index (χ0) is 21.8. The molecule has 0 aliphatic carbocycles. The zero-order valence-corrected chi connectivity index (χ0v) is 19.2. The molecular formula is C23H16BrClFN3OS. The monoisotopic (exact) mass is 515 g/mol. The highest BCUT2D eigenvalue weighted by Gasteiger charge is 2.16. The van der Waals surface area contributed by atoms with Crippen LogP contribution in [0.15, 0.2) is 88.6 Å². The van der Waals surface area contributed by atoms with Gasteiger partial charge in [0, 0.05) is 26.4 Å². The third kappa shape index (κ3) is 5.36. The Morgan fingerprint density at radius 1 is 1.10 bits per heavy atom. The number of thioether (sulfide) groups is 1. The molecule has 1 aromatic heterocycles. The summed E-state index contributed by atoms with van der Waals surface area (Å²) in [7, 11) is 0. The van der Waals surface area contributed by atoms with Crippen molar-refractivity contribution in [2.24, 2.45) is 0 Å². The number of nitrogens with zero attached hydrogens (tertiary/aromatic N) is 2. The van der Waals surface area contributed by atoms with Crippen molar-refractivity contribution in [1.82, 2.24) is 9.55 Å². The van der Waals surface area contributed by atoms with E-state index in [2.05, 4.69) is 26.2 Å². The van der Waals surface area contributed by atoms with Gasteiger partial charge in [0.2, 0.25) is 5.91 Å². The molecule has 0 saturated heterocycles. The molecule has 1 N–H and O–H groups in total. The molecule has 3 aromatic carbocycles. The number of imidazole rings is 1. The Morgan fingerprint density at radius 3 is 2.55 bits per heavy atom. The number of amides is 1. The summed E-state index contributed by atoms with van der Waals surface area (Å²) in [6, 6.07) is 21.0. The molecule has 0 bridgehead atoms. The smallest absolute Gasteiger partial charge is 0.234 e. The number of hydrogen-bond donors (Lipinski definition) is 1. The van der Waals surface area contributed by atoms with E-state index in [1.54, 1.807) is 42.6 Å². The molecule has 4 aromatic rings. The molecule has 0 radical (unpaired) electrons. The summed E-state index contributed by atoms with van der Waals surface area (Å²) >= 11 is 10.7. The number of halogens is 3. The molecule has 8 heteroatoms. The van der Waals surface area contributed by atoms with E-state index in [1.165, 1.54) is 23.9 Å². The summed E-state index contributed by atoms with van der Waals surface area (Å²) in [4.78, 5) is 17.0. The first-order valence-electron chi connectivity index (χ1n) is 9.27. The molecule has 0 aliphatic rings. The highest BCUT2D eigenvalue weighted by molar-refractivity contribution is 9.10. The van der Waals surface area contributed by atoms with Gasteiger partial charge in [-0.05, 0) is 54.6 Å². The summed E-state index contributed by atoms with van der Waals surface area (Å²) in [5.74, 6) is -0.333. The molecule has 1 heterocycles. The summed E-state index contributed by atoms with van der Waals surface area (Å²) in [6.45, 7) is 0. The predicted molar refractivity (Wildman–Crippen MR) is 127 cm³/mol. The lowest BCUT2D eigenvalue weighted by molar-refractivity contribution is -0.113. The third-order valence-electron chi connectivity index (χ3n) is 4.40. The average molecular weight is 517 g/mol. The Morgan fingerprint density at radius 2 is 1.84 bits per heavy atom. The number of nitrogens with one attached hydrogen (secondary N) is 1. The van der Waals surface area contributed by atoms with Crippen molar-refractivity contribution in [2.45, 2.75) is 5.16 Å². The van der Waals surface area contributed by atoms with E-state index in [-0.39, 0.29) is 17.5 Å². The van der Waals surface area contributed by atoms with Gasteiger partial charge in [-0.3, -0.25) is 9.36 Å². The third-order valence-corrected chi connectivity index (χ3v) is 6.11. The number of aromatic nitrogens is 2. The number of carbonyl (C=O) groups is 1. The molecule has 4 rings (SSSR count). The van der Waals surface area contributed by atoms with Crippen molar-refractivity contribution in [2.75, 3.05) is 11.1 Å². The minimum Gasteiger partial charge on any atom is -0.325 e. The van der Waals surface area contributed by atoms with Crippen LogP contribution in [-0.4, -0.2) is 21.2 Å². The van der Waals surface area contributed by atoms with Crippen molar-refractivity contribution in [3.8, 4) is 16.9 Å². The van der Waals surface area contributed by atoms with Crippen LogP contribution in [-0.2, 0) is 4.79 Å². The molecule has 0 saturated carbocycles. The van der Waals surface area contributed by atoms with Gasteiger partial charge in [0.05, 0.1) is 17.6 Å². The van der Waals surface area contributed by atoms with Crippen molar-refractivity contribution < 1.29 is 9.18 Å². The number of carbonyl (C=O) groups excluding carboxylic acids is 1. The van der Waals surface area contributed by atoms with Gasteiger partial charge in [-0.2, -0.15) is 0 Å². The fourth-order valence-electron chi connectivity index (χ4n) is 2.99. The molecule has 0 fully saturated rings. The van der Waals surface area contributed by atoms with E-state index in [1.807, 2.05) is 28.8 Å². The second-order valence-electron chi connectivity index (χ2n) is 6.59. The first-order chi connectivity index (χ1) is 15.0. The SMILES string of the molecule is O=C(CSc1ncc(-c2ccc(Br)cc2)n1-c1ccc(F)cc1)Nc1cccc(Cl)c1. The first kappa shape index (κ1) is 21.6. The van der Waals surface area contributed by atoms with Crippen LogP contribution >= 0.6 is 39.3 Å². The molecule has 1 amide bonds.